The van der Waals surface area contributed by atoms with E-state index in [-0.39, 0.29) is 5.92 Å². The van der Waals surface area contributed by atoms with Crippen molar-refractivity contribution >= 4 is 17.9 Å². The standard InChI is InChI=1S/C15H17ClO4/c1-18-13-3-2-12(16)11-8-10(4-5-17)9-15(14(11)13)19-6-7-20-15/h2-3,5,10H,4,6-9H2,1H3/t10-/m1/s1. The number of ether oxygens (including phenoxy) is 3. The van der Waals surface area contributed by atoms with Crippen LogP contribution in [0, 0.1) is 5.92 Å². The fourth-order valence-electron chi connectivity index (χ4n) is 3.25. The maximum Gasteiger partial charge on any atom is 0.199 e. The molecule has 1 aliphatic carbocycles. The summed E-state index contributed by atoms with van der Waals surface area (Å²) in [5.41, 5.74) is 1.87. The topological polar surface area (TPSA) is 44.8 Å². The van der Waals surface area contributed by atoms with Gasteiger partial charge < -0.3 is 19.0 Å². The van der Waals surface area contributed by atoms with Crippen LogP contribution >= 0.6 is 11.6 Å². The number of aldehydes is 1. The van der Waals surface area contributed by atoms with Crippen molar-refractivity contribution in [2.45, 2.75) is 25.0 Å². The van der Waals surface area contributed by atoms with Crippen LogP contribution in [-0.4, -0.2) is 26.6 Å². The second-order valence-corrected chi connectivity index (χ2v) is 5.64. The minimum atomic E-state index is -0.808. The highest BCUT2D eigenvalue weighted by atomic mass is 35.5. The van der Waals surface area contributed by atoms with Crippen molar-refractivity contribution in [3.63, 3.8) is 0 Å². The van der Waals surface area contributed by atoms with Crippen molar-refractivity contribution < 1.29 is 19.0 Å². The fourth-order valence-corrected chi connectivity index (χ4v) is 3.49. The van der Waals surface area contributed by atoms with Gasteiger partial charge in [0, 0.05) is 17.9 Å². The predicted octanol–water partition coefficient (Wildman–Crippen LogP) is 2.70. The van der Waals surface area contributed by atoms with E-state index in [1.807, 2.05) is 12.1 Å². The second kappa shape index (κ2) is 5.35. The van der Waals surface area contributed by atoms with Crippen molar-refractivity contribution in [2.75, 3.05) is 20.3 Å². The molecule has 5 heteroatoms. The lowest BCUT2D eigenvalue weighted by Gasteiger charge is -2.38. The summed E-state index contributed by atoms with van der Waals surface area (Å²) < 4.78 is 17.3. The summed E-state index contributed by atoms with van der Waals surface area (Å²) in [6.07, 6.45) is 2.85. The van der Waals surface area contributed by atoms with E-state index in [0.717, 1.165) is 29.6 Å². The third-order valence-electron chi connectivity index (χ3n) is 4.05. The van der Waals surface area contributed by atoms with E-state index in [4.69, 9.17) is 25.8 Å². The number of carbonyl (C=O) groups excluding carboxylic acids is 1. The van der Waals surface area contributed by atoms with Crippen molar-refractivity contribution in [2.24, 2.45) is 5.92 Å². The first kappa shape index (κ1) is 13.9. The Morgan fingerprint density at radius 2 is 2.20 bits per heavy atom. The molecular formula is C15H17ClO4. The first-order chi connectivity index (χ1) is 9.70. The number of halogens is 1. The number of methoxy groups -OCH3 is 1. The highest BCUT2D eigenvalue weighted by molar-refractivity contribution is 6.31. The number of benzene rings is 1. The van der Waals surface area contributed by atoms with Gasteiger partial charge in [0.1, 0.15) is 12.0 Å². The Kier molecular flexibility index (Phi) is 3.71. The summed E-state index contributed by atoms with van der Waals surface area (Å²) in [6, 6.07) is 3.67. The van der Waals surface area contributed by atoms with Gasteiger partial charge in [0.2, 0.25) is 0 Å². The van der Waals surface area contributed by atoms with E-state index >= 15 is 0 Å². The molecule has 0 bridgehead atoms. The van der Waals surface area contributed by atoms with Crippen molar-refractivity contribution in [1.82, 2.24) is 0 Å². The molecule has 1 atom stereocenters. The number of carbonyl (C=O) groups is 1. The fraction of sp³-hybridized carbons (Fsp3) is 0.533. The van der Waals surface area contributed by atoms with Gasteiger partial charge in [0.15, 0.2) is 5.79 Å². The zero-order valence-electron chi connectivity index (χ0n) is 11.4. The van der Waals surface area contributed by atoms with E-state index in [2.05, 4.69) is 0 Å². The summed E-state index contributed by atoms with van der Waals surface area (Å²) in [4.78, 5) is 10.9. The molecule has 1 heterocycles. The van der Waals surface area contributed by atoms with E-state index in [1.165, 1.54) is 0 Å². The van der Waals surface area contributed by atoms with E-state index in [1.54, 1.807) is 7.11 Å². The molecule has 0 unspecified atom stereocenters. The molecular weight excluding hydrogens is 280 g/mol. The van der Waals surface area contributed by atoms with Crippen LogP contribution in [0.1, 0.15) is 24.0 Å². The Bertz CT molecular complexity index is 523. The van der Waals surface area contributed by atoms with Gasteiger partial charge >= 0.3 is 0 Å². The Morgan fingerprint density at radius 3 is 2.85 bits per heavy atom. The minimum Gasteiger partial charge on any atom is -0.496 e. The summed E-state index contributed by atoms with van der Waals surface area (Å²) in [7, 11) is 1.63. The predicted molar refractivity (Wildman–Crippen MR) is 74.1 cm³/mol. The Balaban J connectivity index is 2.13. The molecule has 108 valence electrons. The molecule has 1 aromatic rings. The molecule has 1 saturated heterocycles. The highest BCUT2D eigenvalue weighted by Gasteiger charge is 2.47. The molecule has 0 aromatic heterocycles. The summed E-state index contributed by atoms with van der Waals surface area (Å²) in [5, 5.41) is 0.676. The van der Waals surface area contributed by atoms with Gasteiger partial charge in [-0.15, -0.1) is 0 Å². The van der Waals surface area contributed by atoms with Gasteiger partial charge in [0.25, 0.3) is 0 Å². The van der Waals surface area contributed by atoms with E-state index in [9.17, 15) is 4.79 Å². The lowest BCUT2D eigenvalue weighted by atomic mass is 9.78. The molecule has 1 aromatic carbocycles. The molecule has 4 nitrogen and oxygen atoms in total. The third-order valence-corrected chi connectivity index (χ3v) is 4.41. The number of hydrogen-bond donors (Lipinski definition) is 0. The van der Waals surface area contributed by atoms with Gasteiger partial charge in [-0.1, -0.05) is 11.6 Å². The van der Waals surface area contributed by atoms with Gasteiger partial charge in [0.05, 0.1) is 25.9 Å². The lowest BCUT2D eigenvalue weighted by molar-refractivity contribution is -0.185. The summed E-state index contributed by atoms with van der Waals surface area (Å²) in [5.74, 6) is 0.107. The molecule has 0 amide bonds. The van der Waals surface area contributed by atoms with Gasteiger partial charge in [-0.2, -0.15) is 0 Å². The van der Waals surface area contributed by atoms with Crippen LogP contribution in [0.5, 0.6) is 5.75 Å². The monoisotopic (exact) mass is 296 g/mol. The normalized spacial score (nSPS) is 23.6. The number of rotatable bonds is 3. The number of fused-ring (bicyclic) bond motifs is 2. The molecule has 0 radical (unpaired) electrons. The molecule has 20 heavy (non-hydrogen) atoms. The van der Waals surface area contributed by atoms with Crippen LogP contribution in [-0.2, 0) is 26.5 Å². The summed E-state index contributed by atoms with van der Waals surface area (Å²) >= 11 is 6.34. The van der Waals surface area contributed by atoms with Crippen molar-refractivity contribution in [3.05, 3.63) is 28.3 Å². The molecule has 0 saturated carbocycles. The van der Waals surface area contributed by atoms with E-state index in [0.29, 0.717) is 31.1 Å². The zero-order valence-corrected chi connectivity index (χ0v) is 12.1. The average molecular weight is 297 g/mol. The Labute approximate surface area is 123 Å². The van der Waals surface area contributed by atoms with Crippen LogP contribution < -0.4 is 4.74 Å². The minimum absolute atomic E-state index is 0.183. The van der Waals surface area contributed by atoms with Gasteiger partial charge in [-0.25, -0.2) is 0 Å². The van der Waals surface area contributed by atoms with Crippen LogP contribution in [0.25, 0.3) is 0 Å². The SMILES string of the molecule is COc1ccc(Cl)c2c1C1(C[C@H](CC=O)C2)OCCO1. The van der Waals surface area contributed by atoms with Crippen LogP contribution in [0.2, 0.25) is 5.02 Å². The molecule has 1 aliphatic heterocycles. The molecule has 3 rings (SSSR count). The maximum absolute atomic E-state index is 10.9. The van der Waals surface area contributed by atoms with Gasteiger partial charge in [-0.3, -0.25) is 0 Å². The quantitative estimate of drug-likeness (QED) is 0.805. The Hall–Kier alpha value is -1.10. The third kappa shape index (κ3) is 2.12. The zero-order chi connectivity index (χ0) is 14.2. The molecule has 0 N–H and O–H groups in total. The number of hydrogen-bond acceptors (Lipinski definition) is 4. The summed E-state index contributed by atoms with van der Waals surface area (Å²) in [6.45, 7) is 1.09. The Morgan fingerprint density at radius 1 is 1.45 bits per heavy atom. The average Bonchev–Trinajstić information content (AvgIpc) is 2.89. The molecule has 2 aliphatic rings. The second-order valence-electron chi connectivity index (χ2n) is 5.23. The van der Waals surface area contributed by atoms with Crippen LogP contribution in [0.15, 0.2) is 12.1 Å². The van der Waals surface area contributed by atoms with Crippen LogP contribution in [0.4, 0.5) is 0 Å². The smallest absolute Gasteiger partial charge is 0.199 e. The van der Waals surface area contributed by atoms with E-state index < -0.39 is 5.79 Å². The van der Waals surface area contributed by atoms with Crippen LogP contribution in [0.3, 0.4) is 0 Å². The van der Waals surface area contributed by atoms with Gasteiger partial charge in [-0.05, 0) is 30.0 Å². The highest BCUT2D eigenvalue weighted by Crippen LogP contribution is 2.50. The molecule has 1 fully saturated rings. The lowest BCUT2D eigenvalue weighted by Crippen LogP contribution is -2.37. The van der Waals surface area contributed by atoms with Crippen molar-refractivity contribution in [3.8, 4) is 5.75 Å². The first-order valence-electron chi connectivity index (χ1n) is 6.77. The maximum atomic E-state index is 10.9. The largest absolute Gasteiger partial charge is 0.496 e. The molecule has 1 spiro atoms. The van der Waals surface area contributed by atoms with Crippen molar-refractivity contribution in [1.29, 1.82) is 0 Å². The first-order valence-corrected chi connectivity index (χ1v) is 7.15.